The molecule has 2 fully saturated rings. The maximum atomic E-state index is 12.7. The molecule has 0 bridgehead atoms. The highest BCUT2D eigenvalue weighted by molar-refractivity contribution is 5.94. The van der Waals surface area contributed by atoms with Gasteiger partial charge >= 0.3 is 0 Å². The summed E-state index contributed by atoms with van der Waals surface area (Å²) in [5.74, 6) is 1.11. The van der Waals surface area contributed by atoms with Crippen molar-refractivity contribution in [3.8, 4) is 5.75 Å². The highest BCUT2D eigenvalue weighted by Crippen LogP contribution is 2.21. The molecule has 0 spiro atoms. The summed E-state index contributed by atoms with van der Waals surface area (Å²) in [5, 5.41) is 0. The van der Waals surface area contributed by atoms with Crippen molar-refractivity contribution in [3.63, 3.8) is 0 Å². The van der Waals surface area contributed by atoms with Gasteiger partial charge in [0, 0.05) is 55.6 Å². The largest absolute Gasteiger partial charge is 0.493 e. The molecule has 7 heteroatoms. The van der Waals surface area contributed by atoms with Crippen LogP contribution in [0.3, 0.4) is 0 Å². The van der Waals surface area contributed by atoms with Gasteiger partial charge in [-0.3, -0.25) is 14.6 Å². The second-order valence-electron chi connectivity index (χ2n) is 7.74. The van der Waals surface area contributed by atoms with E-state index >= 15 is 0 Å². The molecule has 7 nitrogen and oxygen atoms in total. The lowest BCUT2D eigenvalue weighted by Crippen LogP contribution is -2.41. The minimum atomic E-state index is 0.0300. The van der Waals surface area contributed by atoms with Gasteiger partial charge in [0.15, 0.2) is 0 Å². The molecule has 4 rings (SSSR count). The van der Waals surface area contributed by atoms with Crippen LogP contribution in [-0.2, 0) is 4.74 Å². The first kappa shape index (κ1) is 20.3. The number of ether oxygens (including phenoxy) is 2. The highest BCUT2D eigenvalue weighted by atomic mass is 16.5. The number of rotatable bonds is 5. The summed E-state index contributed by atoms with van der Waals surface area (Å²) in [5.41, 5.74) is 1.34. The number of piperidine rings is 1. The molecule has 2 aliphatic heterocycles. The number of carbonyl (C=O) groups excluding carboxylic acids is 2. The smallest absolute Gasteiger partial charge is 0.254 e. The van der Waals surface area contributed by atoms with Crippen LogP contribution in [-0.4, -0.2) is 72.6 Å². The van der Waals surface area contributed by atoms with E-state index in [0.717, 1.165) is 25.1 Å². The van der Waals surface area contributed by atoms with Crippen molar-refractivity contribution >= 4 is 11.8 Å². The minimum Gasteiger partial charge on any atom is -0.493 e. The second-order valence-corrected chi connectivity index (χ2v) is 7.74. The molecule has 30 heavy (non-hydrogen) atoms. The van der Waals surface area contributed by atoms with Crippen molar-refractivity contribution in [2.75, 3.05) is 46.0 Å². The van der Waals surface area contributed by atoms with Gasteiger partial charge in [0.05, 0.1) is 19.8 Å². The van der Waals surface area contributed by atoms with Crippen LogP contribution >= 0.6 is 0 Å². The van der Waals surface area contributed by atoms with Gasteiger partial charge in [0.1, 0.15) is 5.75 Å². The Kier molecular flexibility index (Phi) is 6.59. The molecule has 0 radical (unpaired) electrons. The van der Waals surface area contributed by atoms with Gasteiger partial charge in [-0.2, -0.15) is 0 Å². The monoisotopic (exact) mass is 409 g/mol. The summed E-state index contributed by atoms with van der Waals surface area (Å²) in [6.45, 7) is 4.46. The molecule has 1 aromatic carbocycles. The van der Waals surface area contributed by atoms with E-state index in [1.807, 2.05) is 34.1 Å². The quantitative estimate of drug-likeness (QED) is 0.759. The molecular weight excluding hydrogens is 382 g/mol. The zero-order valence-corrected chi connectivity index (χ0v) is 17.0. The molecule has 1 atom stereocenters. The van der Waals surface area contributed by atoms with Crippen molar-refractivity contribution in [1.82, 2.24) is 14.8 Å². The minimum absolute atomic E-state index is 0.0300. The fourth-order valence-electron chi connectivity index (χ4n) is 3.92. The Hall–Kier alpha value is -2.93. The van der Waals surface area contributed by atoms with Gasteiger partial charge in [0.2, 0.25) is 0 Å². The third-order valence-corrected chi connectivity index (χ3v) is 5.62. The Morgan fingerprint density at radius 2 is 1.60 bits per heavy atom. The number of nitrogens with zero attached hydrogens (tertiary/aromatic N) is 3. The first-order valence-corrected chi connectivity index (χ1v) is 10.5. The Bertz CT molecular complexity index is 851. The molecule has 2 amide bonds. The number of aromatic nitrogens is 1. The van der Waals surface area contributed by atoms with Crippen LogP contribution < -0.4 is 4.74 Å². The topological polar surface area (TPSA) is 72.0 Å². The molecule has 0 N–H and O–H groups in total. The Balaban J connectivity index is 1.29. The predicted molar refractivity (Wildman–Crippen MR) is 112 cm³/mol. The van der Waals surface area contributed by atoms with Gasteiger partial charge < -0.3 is 19.3 Å². The van der Waals surface area contributed by atoms with Crippen LogP contribution in [0, 0.1) is 5.92 Å². The number of hydrogen-bond acceptors (Lipinski definition) is 5. The number of hydrogen-bond donors (Lipinski definition) is 0. The van der Waals surface area contributed by atoms with Gasteiger partial charge in [-0.1, -0.05) is 0 Å². The van der Waals surface area contributed by atoms with E-state index < -0.39 is 0 Å². The maximum absolute atomic E-state index is 12.7. The SMILES string of the molecule is O=C(c1ccc(OCC2CCCN(C(=O)c3ccncc3)C2)cc1)N1CCOCC1. The van der Waals surface area contributed by atoms with Crippen molar-refractivity contribution < 1.29 is 19.1 Å². The fraction of sp³-hybridized carbons (Fsp3) is 0.435. The number of morpholine rings is 1. The average molecular weight is 409 g/mol. The molecule has 2 saturated heterocycles. The van der Waals surface area contributed by atoms with Crippen LogP contribution in [0.5, 0.6) is 5.75 Å². The zero-order chi connectivity index (χ0) is 20.8. The van der Waals surface area contributed by atoms with Gasteiger partial charge in [-0.05, 0) is 49.2 Å². The second kappa shape index (κ2) is 9.71. The average Bonchev–Trinajstić information content (AvgIpc) is 2.83. The third kappa shape index (κ3) is 4.97. The number of pyridine rings is 1. The van der Waals surface area contributed by atoms with E-state index in [0.29, 0.717) is 56.5 Å². The number of amides is 2. The normalized spacial score (nSPS) is 19.4. The predicted octanol–water partition coefficient (Wildman–Crippen LogP) is 2.49. The van der Waals surface area contributed by atoms with Crippen molar-refractivity contribution in [3.05, 3.63) is 59.9 Å². The molecule has 3 heterocycles. The van der Waals surface area contributed by atoms with Crippen LogP contribution in [0.4, 0.5) is 0 Å². The maximum Gasteiger partial charge on any atom is 0.254 e. The molecule has 158 valence electrons. The highest BCUT2D eigenvalue weighted by Gasteiger charge is 2.25. The van der Waals surface area contributed by atoms with E-state index in [1.165, 1.54) is 0 Å². The first-order chi connectivity index (χ1) is 14.7. The molecule has 0 aliphatic carbocycles. The number of carbonyl (C=O) groups is 2. The summed E-state index contributed by atoms with van der Waals surface area (Å²) in [7, 11) is 0. The molecule has 2 aliphatic rings. The van der Waals surface area contributed by atoms with Gasteiger partial charge in [-0.25, -0.2) is 0 Å². The number of benzene rings is 1. The van der Waals surface area contributed by atoms with Crippen LogP contribution in [0.15, 0.2) is 48.8 Å². The van der Waals surface area contributed by atoms with E-state index in [-0.39, 0.29) is 11.8 Å². The van der Waals surface area contributed by atoms with Gasteiger partial charge in [-0.15, -0.1) is 0 Å². The lowest BCUT2D eigenvalue weighted by Gasteiger charge is -2.32. The molecule has 2 aromatic rings. The van der Waals surface area contributed by atoms with Crippen LogP contribution in [0.2, 0.25) is 0 Å². The van der Waals surface area contributed by atoms with Crippen LogP contribution in [0.1, 0.15) is 33.6 Å². The van der Waals surface area contributed by atoms with Crippen molar-refractivity contribution in [2.45, 2.75) is 12.8 Å². The molecule has 0 saturated carbocycles. The van der Waals surface area contributed by atoms with Crippen molar-refractivity contribution in [2.24, 2.45) is 5.92 Å². The molecule has 1 aromatic heterocycles. The number of likely N-dealkylation sites (tertiary alicyclic amines) is 1. The molecular formula is C23H27N3O4. The summed E-state index contributed by atoms with van der Waals surface area (Å²) in [4.78, 5) is 32.9. The van der Waals surface area contributed by atoms with E-state index in [2.05, 4.69) is 4.98 Å². The fourth-order valence-corrected chi connectivity index (χ4v) is 3.92. The van der Waals surface area contributed by atoms with E-state index in [9.17, 15) is 9.59 Å². The van der Waals surface area contributed by atoms with E-state index in [4.69, 9.17) is 9.47 Å². The Labute approximate surface area is 176 Å². The summed E-state index contributed by atoms with van der Waals surface area (Å²) in [6, 6.07) is 10.8. The third-order valence-electron chi connectivity index (χ3n) is 5.62. The zero-order valence-electron chi connectivity index (χ0n) is 17.0. The standard InChI is InChI=1S/C23H27N3O4/c27-22(25-12-14-29-15-13-25)19-3-5-21(6-4-19)30-17-18-2-1-11-26(16-18)23(28)20-7-9-24-10-8-20/h3-10,18H,1-2,11-17H2. The Morgan fingerprint density at radius 1 is 0.933 bits per heavy atom. The lowest BCUT2D eigenvalue weighted by atomic mass is 9.98. The Morgan fingerprint density at radius 3 is 2.33 bits per heavy atom. The summed E-state index contributed by atoms with van der Waals surface area (Å²) in [6.07, 6.45) is 5.29. The van der Waals surface area contributed by atoms with E-state index in [1.54, 1.807) is 24.5 Å². The first-order valence-electron chi connectivity index (χ1n) is 10.5. The summed E-state index contributed by atoms with van der Waals surface area (Å²) < 4.78 is 11.3. The van der Waals surface area contributed by atoms with Crippen LogP contribution in [0.25, 0.3) is 0 Å². The van der Waals surface area contributed by atoms with Gasteiger partial charge in [0.25, 0.3) is 11.8 Å². The summed E-state index contributed by atoms with van der Waals surface area (Å²) >= 11 is 0. The van der Waals surface area contributed by atoms with Crippen molar-refractivity contribution in [1.29, 1.82) is 0 Å². The lowest BCUT2D eigenvalue weighted by molar-refractivity contribution is 0.0303. The molecule has 1 unspecified atom stereocenters.